The van der Waals surface area contributed by atoms with Gasteiger partial charge in [0.15, 0.2) is 0 Å². The van der Waals surface area contributed by atoms with E-state index in [1.165, 1.54) is 22.8 Å². The highest BCUT2D eigenvalue weighted by atomic mass is 32.3. The third-order valence-electron chi connectivity index (χ3n) is 5.56. The number of carbonyl (C=O) groups excluding carboxylic acids is 1. The summed E-state index contributed by atoms with van der Waals surface area (Å²) in [7, 11) is -24.4. The van der Waals surface area contributed by atoms with Crippen LogP contribution in [0.2, 0.25) is 0 Å². The van der Waals surface area contributed by atoms with Crippen molar-refractivity contribution in [2.45, 2.75) is 62.8 Å². The SMILES string of the molecule is C=CC(=O)OCCn1ccc(C)c1.CCn1ccc(C)c1.Cc1ccn(C)c1.O=S(=O)(NS(=O)(=O)C(F)(F)F)C(F)(F)F.O=S(=O)(NS(=O)(=O)C(F)(F)F)C(F)(F)F. The van der Waals surface area contributed by atoms with E-state index in [2.05, 4.69) is 62.6 Å². The minimum absolute atomic E-state index is 0.371. The Labute approximate surface area is 324 Å². The maximum absolute atomic E-state index is 11.5. The van der Waals surface area contributed by atoms with Crippen LogP contribution in [-0.4, -0.2) is 82.0 Å². The number of carbonyl (C=O) groups is 1. The average Bonchev–Trinajstić information content (AvgIpc) is 3.75. The quantitative estimate of drug-likeness (QED) is 0.163. The highest BCUT2D eigenvalue weighted by molar-refractivity contribution is 8.06. The number of nitrogens with one attached hydrogen (secondary N) is 2. The van der Waals surface area contributed by atoms with Gasteiger partial charge >= 0.3 is 68.1 Å². The Kier molecular flexibility index (Phi) is 21.1. The summed E-state index contributed by atoms with van der Waals surface area (Å²) in [6, 6.07) is 6.21. The lowest BCUT2D eigenvalue weighted by molar-refractivity contribution is -0.138. The van der Waals surface area contributed by atoms with Gasteiger partial charge in [-0.05, 0) is 62.6 Å². The first-order valence-electron chi connectivity index (χ1n) is 14.7. The number of aromatic nitrogens is 3. The zero-order chi connectivity index (χ0) is 46.4. The van der Waals surface area contributed by atoms with E-state index in [4.69, 9.17) is 4.74 Å². The fraction of sp³-hybridized carbons (Fsp3) is 0.444. The molecule has 3 heterocycles. The predicted molar refractivity (Wildman–Crippen MR) is 181 cm³/mol. The number of esters is 1. The Morgan fingerprint density at radius 1 is 0.621 bits per heavy atom. The molecule has 0 saturated heterocycles. The van der Waals surface area contributed by atoms with Crippen molar-refractivity contribution < 1.29 is 95.9 Å². The number of rotatable bonds is 9. The van der Waals surface area contributed by atoms with Crippen molar-refractivity contribution in [1.82, 2.24) is 22.0 Å². The molecule has 2 N–H and O–H groups in total. The smallest absolute Gasteiger partial charge is 0.461 e. The van der Waals surface area contributed by atoms with Crippen LogP contribution >= 0.6 is 0 Å². The molecule has 0 bridgehead atoms. The zero-order valence-electron chi connectivity index (χ0n) is 30.2. The molecule has 0 amide bonds. The van der Waals surface area contributed by atoms with Crippen molar-refractivity contribution in [1.29, 1.82) is 0 Å². The first-order chi connectivity index (χ1) is 25.7. The van der Waals surface area contributed by atoms with E-state index in [9.17, 15) is 91.2 Å². The zero-order valence-corrected chi connectivity index (χ0v) is 33.5. The first kappa shape index (κ1) is 56.0. The molecule has 3 rings (SSSR count). The number of ether oxygens (including phenoxy) is 1. The van der Waals surface area contributed by atoms with Crippen molar-refractivity contribution in [3.05, 3.63) is 84.7 Å². The lowest BCUT2D eigenvalue weighted by Crippen LogP contribution is -2.45. The summed E-state index contributed by atoms with van der Waals surface area (Å²) in [5, 5.41) is 0. The van der Waals surface area contributed by atoms with Crippen LogP contribution in [0.5, 0.6) is 0 Å². The Bertz CT molecular complexity index is 2020. The maximum atomic E-state index is 11.5. The van der Waals surface area contributed by atoms with Crippen molar-refractivity contribution in [2.24, 2.45) is 7.05 Å². The summed E-state index contributed by atoms with van der Waals surface area (Å²) in [5.41, 5.74) is -20.7. The van der Waals surface area contributed by atoms with Gasteiger partial charge in [-0.2, -0.15) is 52.7 Å². The van der Waals surface area contributed by atoms with Gasteiger partial charge in [0, 0.05) is 56.8 Å². The molecule has 0 radical (unpaired) electrons. The van der Waals surface area contributed by atoms with E-state index >= 15 is 0 Å². The lowest BCUT2D eigenvalue weighted by Gasteiger charge is -2.11. The Morgan fingerprint density at radius 3 is 1.12 bits per heavy atom. The van der Waals surface area contributed by atoms with Gasteiger partial charge in [-0.15, -0.1) is 0 Å². The highest BCUT2D eigenvalue weighted by Crippen LogP contribution is 2.28. The van der Waals surface area contributed by atoms with E-state index in [1.807, 2.05) is 47.8 Å². The number of halogens is 12. The number of alkyl halides is 12. The van der Waals surface area contributed by atoms with Crippen LogP contribution < -0.4 is 8.25 Å². The standard InChI is InChI=1S/C10H13NO2.C7H11N.C6H9N.2C2HF6NO4S2/c1-3-10(12)13-7-6-11-5-4-9(2)8-11;1-3-8-5-4-7(2)6-8;1-6-3-4-7(2)5-6;2*3-1(4,5)14(10,11)9-15(12,13)2(6,7)8/h3-5,8H,1,6-7H2,2H3;4-6H,3H2,1-2H3;3-5H,1-2H3;2*9H. The van der Waals surface area contributed by atoms with Gasteiger partial charge in [0.05, 0.1) is 6.54 Å². The molecule has 0 fully saturated rings. The minimum Gasteiger partial charge on any atom is -0.461 e. The van der Waals surface area contributed by atoms with Crippen molar-refractivity contribution in [2.75, 3.05) is 6.61 Å². The molecule has 58 heavy (non-hydrogen) atoms. The third kappa shape index (κ3) is 20.6. The van der Waals surface area contributed by atoms with E-state index in [0.29, 0.717) is 13.2 Å². The molecule has 0 spiro atoms. The molecule has 0 unspecified atom stereocenters. The molecule has 336 valence electrons. The van der Waals surface area contributed by atoms with E-state index in [1.54, 1.807) is 0 Å². The summed E-state index contributed by atoms with van der Waals surface area (Å²) in [4.78, 5) is 10.7. The molecule has 0 atom stereocenters. The molecular formula is C27H35F12N5O10S4. The van der Waals surface area contributed by atoms with Crippen LogP contribution in [0.1, 0.15) is 23.6 Å². The fourth-order valence-corrected chi connectivity index (χ4v) is 6.71. The maximum Gasteiger partial charge on any atom is 0.512 e. The van der Waals surface area contributed by atoms with Gasteiger partial charge in [0.1, 0.15) is 6.61 Å². The second kappa shape index (κ2) is 21.8. The predicted octanol–water partition coefficient (Wildman–Crippen LogP) is 5.23. The molecule has 0 aliphatic carbocycles. The van der Waals surface area contributed by atoms with Gasteiger partial charge in [0.2, 0.25) is 0 Å². The molecule has 0 aromatic carbocycles. The van der Waals surface area contributed by atoms with Gasteiger partial charge in [-0.3, -0.25) is 0 Å². The largest absolute Gasteiger partial charge is 0.512 e. The van der Waals surface area contributed by atoms with E-state index in [0.717, 1.165) is 6.54 Å². The minimum atomic E-state index is -6.60. The van der Waals surface area contributed by atoms with E-state index in [-0.39, 0.29) is 5.97 Å². The van der Waals surface area contributed by atoms with Gasteiger partial charge in [-0.25, -0.2) is 38.5 Å². The summed E-state index contributed by atoms with van der Waals surface area (Å²) >= 11 is 0. The molecule has 3 aromatic rings. The van der Waals surface area contributed by atoms with E-state index < -0.39 is 70.4 Å². The van der Waals surface area contributed by atoms with Crippen molar-refractivity contribution >= 4 is 46.1 Å². The molecule has 3 aromatic heterocycles. The summed E-state index contributed by atoms with van der Waals surface area (Å²) in [6.07, 6.45) is 13.5. The molecule has 0 aliphatic rings. The lowest BCUT2D eigenvalue weighted by atomic mass is 10.4. The van der Waals surface area contributed by atoms with Crippen LogP contribution in [0.4, 0.5) is 52.7 Å². The highest BCUT2D eigenvalue weighted by Gasteiger charge is 2.56. The first-order valence-corrected chi connectivity index (χ1v) is 20.6. The van der Waals surface area contributed by atoms with Gasteiger partial charge < -0.3 is 18.4 Å². The number of hydrogen-bond acceptors (Lipinski definition) is 10. The van der Waals surface area contributed by atoms with Gasteiger partial charge in [0.25, 0.3) is 0 Å². The Morgan fingerprint density at radius 2 is 0.931 bits per heavy atom. The Hall–Kier alpha value is -4.07. The molecule has 15 nitrogen and oxygen atoms in total. The number of hydrogen-bond donors (Lipinski definition) is 2. The fourth-order valence-electron chi connectivity index (χ4n) is 2.89. The second-order valence-electron chi connectivity index (χ2n) is 10.6. The third-order valence-corrected chi connectivity index (χ3v) is 11.5. The number of aryl methyl sites for hydroxylation is 5. The van der Waals surface area contributed by atoms with Crippen LogP contribution in [0.25, 0.3) is 0 Å². The summed E-state index contributed by atoms with van der Waals surface area (Å²) < 4.78 is 228. The molecule has 0 saturated carbocycles. The topological polar surface area (TPSA) is 202 Å². The van der Waals surface area contributed by atoms with Crippen LogP contribution in [0.3, 0.4) is 0 Å². The van der Waals surface area contributed by atoms with Crippen molar-refractivity contribution in [3.8, 4) is 0 Å². The Balaban J connectivity index is 0. The average molecular weight is 946 g/mol. The van der Waals surface area contributed by atoms with Gasteiger partial charge in [-0.1, -0.05) is 14.8 Å². The number of nitrogens with zero attached hydrogens (tertiary/aromatic N) is 3. The monoisotopic (exact) mass is 945 g/mol. The van der Waals surface area contributed by atoms with Crippen molar-refractivity contribution in [3.63, 3.8) is 0 Å². The molecular weight excluding hydrogens is 911 g/mol. The van der Waals surface area contributed by atoms with Crippen LogP contribution in [0, 0.1) is 20.8 Å². The number of sulfonamides is 4. The van der Waals surface area contributed by atoms with Crippen LogP contribution in [-0.2, 0) is 69.8 Å². The normalized spacial score (nSPS) is 12.6. The summed E-state index contributed by atoms with van der Waals surface area (Å²) in [6.45, 7) is 13.8. The molecule has 0 aliphatic heterocycles. The molecule has 31 heteroatoms. The second-order valence-corrected chi connectivity index (χ2v) is 17.8. The van der Waals surface area contributed by atoms with Crippen LogP contribution in [0.15, 0.2) is 68.0 Å². The summed E-state index contributed by atoms with van der Waals surface area (Å²) in [5.74, 6) is -0.371.